The van der Waals surface area contributed by atoms with Crippen LogP contribution in [-0.2, 0) is 14.8 Å². The van der Waals surface area contributed by atoms with E-state index in [0.717, 1.165) is 0 Å². The minimum Gasteiger partial charge on any atom is -0.481 e. The van der Waals surface area contributed by atoms with Crippen LogP contribution in [0, 0.1) is 11.8 Å². The number of nitrogens with one attached hydrogen (secondary N) is 1. The summed E-state index contributed by atoms with van der Waals surface area (Å²) in [5.74, 6) is 6.11. The fraction of sp³-hybridized carbons (Fsp3) is 0.591. The molecule has 0 aliphatic carbocycles. The maximum absolute atomic E-state index is 13.3. The summed E-state index contributed by atoms with van der Waals surface area (Å²) in [7, 11) is -3.68. The molecule has 1 aromatic rings. The highest BCUT2D eigenvalue weighted by molar-refractivity contribution is 8.01. The van der Waals surface area contributed by atoms with Gasteiger partial charge in [-0.05, 0) is 65.8 Å². The molecule has 31 heavy (non-hydrogen) atoms. The zero-order valence-corrected chi connectivity index (χ0v) is 20.7. The Bertz CT molecular complexity index is 925. The van der Waals surface area contributed by atoms with Crippen LogP contribution >= 0.6 is 11.8 Å². The molecule has 172 valence electrons. The van der Waals surface area contributed by atoms with E-state index in [0.29, 0.717) is 25.4 Å². The van der Waals surface area contributed by atoms with Gasteiger partial charge in [0.05, 0.1) is 4.90 Å². The van der Waals surface area contributed by atoms with Crippen molar-refractivity contribution < 1.29 is 22.7 Å². The van der Waals surface area contributed by atoms with Crippen molar-refractivity contribution in [2.45, 2.75) is 62.0 Å². The van der Waals surface area contributed by atoms with Crippen LogP contribution in [0.25, 0.3) is 0 Å². The summed E-state index contributed by atoms with van der Waals surface area (Å²) in [6, 6.07) is 6.37. The van der Waals surface area contributed by atoms with Gasteiger partial charge in [0, 0.05) is 29.6 Å². The third kappa shape index (κ3) is 7.95. The molecular weight excluding hydrogens is 436 g/mol. The SMILES string of the molecule is CC#CCOc1ccc(S(=O)(=O)N2C[C@H](CNC(=O)OC(C)(C)C)SC(C)(C)C2)cc1. The summed E-state index contributed by atoms with van der Waals surface area (Å²) in [4.78, 5) is 12.2. The van der Waals surface area contributed by atoms with Gasteiger partial charge < -0.3 is 14.8 Å². The van der Waals surface area contributed by atoms with Crippen molar-refractivity contribution in [2.75, 3.05) is 26.2 Å². The predicted molar refractivity (Wildman–Crippen MR) is 124 cm³/mol. The van der Waals surface area contributed by atoms with E-state index in [9.17, 15) is 13.2 Å². The van der Waals surface area contributed by atoms with Crippen LogP contribution in [0.4, 0.5) is 4.79 Å². The highest BCUT2D eigenvalue weighted by Gasteiger charge is 2.39. The van der Waals surface area contributed by atoms with Gasteiger partial charge in [-0.15, -0.1) is 17.7 Å². The van der Waals surface area contributed by atoms with Gasteiger partial charge in [-0.1, -0.05) is 5.92 Å². The van der Waals surface area contributed by atoms with E-state index >= 15 is 0 Å². The molecule has 1 aliphatic heterocycles. The van der Waals surface area contributed by atoms with E-state index in [2.05, 4.69) is 17.2 Å². The van der Waals surface area contributed by atoms with Gasteiger partial charge in [0.15, 0.2) is 0 Å². The summed E-state index contributed by atoms with van der Waals surface area (Å²) in [6.07, 6.45) is -0.505. The fourth-order valence-electron chi connectivity index (χ4n) is 3.09. The number of alkyl carbamates (subject to hydrolysis) is 1. The number of hydrogen-bond acceptors (Lipinski definition) is 6. The Labute approximate surface area is 190 Å². The molecule has 9 heteroatoms. The molecule has 1 heterocycles. The molecule has 1 atom stereocenters. The Morgan fingerprint density at radius 1 is 1.29 bits per heavy atom. The first kappa shape index (κ1) is 25.4. The molecular formula is C22H32N2O5S2. The number of rotatable bonds is 6. The lowest BCUT2D eigenvalue weighted by Gasteiger charge is -2.41. The van der Waals surface area contributed by atoms with Crippen LogP contribution in [-0.4, -0.2) is 60.7 Å². The molecule has 2 rings (SSSR count). The number of carbonyl (C=O) groups is 1. The number of amides is 1. The first-order valence-corrected chi connectivity index (χ1v) is 12.4. The topological polar surface area (TPSA) is 84.9 Å². The molecule has 0 spiro atoms. The molecule has 0 unspecified atom stereocenters. The van der Waals surface area contributed by atoms with Crippen LogP contribution in [0.1, 0.15) is 41.5 Å². The van der Waals surface area contributed by atoms with E-state index in [-0.39, 0.29) is 21.5 Å². The lowest BCUT2D eigenvalue weighted by Crippen LogP contribution is -2.52. The molecule has 0 bridgehead atoms. The predicted octanol–water partition coefficient (Wildman–Crippen LogP) is 3.50. The van der Waals surface area contributed by atoms with E-state index in [4.69, 9.17) is 9.47 Å². The molecule has 7 nitrogen and oxygen atoms in total. The van der Waals surface area contributed by atoms with Crippen LogP contribution in [0.15, 0.2) is 29.2 Å². The van der Waals surface area contributed by atoms with Gasteiger partial charge in [0.1, 0.15) is 18.0 Å². The molecule has 0 radical (unpaired) electrons. The van der Waals surface area contributed by atoms with Crippen LogP contribution in [0.5, 0.6) is 5.75 Å². The number of nitrogens with zero attached hydrogens (tertiary/aromatic N) is 1. The molecule has 1 amide bonds. The Hall–Kier alpha value is -1.89. The summed E-state index contributed by atoms with van der Waals surface area (Å²) >= 11 is 1.67. The van der Waals surface area contributed by atoms with Gasteiger partial charge in [0.25, 0.3) is 0 Å². The molecule has 0 saturated carbocycles. The maximum Gasteiger partial charge on any atom is 0.407 e. The fourth-order valence-corrected chi connectivity index (χ4v) is 6.47. The Kier molecular flexibility index (Phi) is 8.31. The number of benzene rings is 1. The summed E-state index contributed by atoms with van der Waals surface area (Å²) < 4.78 is 38.5. The smallest absolute Gasteiger partial charge is 0.407 e. The monoisotopic (exact) mass is 468 g/mol. The number of hydrogen-bond donors (Lipinski definition) is 1. The highest BCUT2D eigenvalue weighted by atomic mass is 32.2. The number of ether oxygens (including phenoxy) is 2. The van der Waals surface area contributed by atoms with Crippen molar-refractivity contribution in [3.05, 3.63) is 24.3 Å². The normalized spacial score (nSPS) is 19.1. The van der Waals surface area contributed by atoms with Crippen LogP contribution in [0.3, 0.4) is 0 Å². The highest BCUT2D eigenvalue weighted by Crippen LogP contribution is 2.37. The number of carbonyl (C=O) groups excluding carboxylic acids is 1. The Morgan fingerprint density at radius 2 is 1.94 bits per heavy atom. The van der Waals surface area contributed by atoms with Gasteiger partial charge >= 0.3 is 6.09 Å². The zero-order valence-electron chi connectivity index (χ0n) is 19.0. The summed E-state index contributed by atoms with van der Waals surface area (Å²) in [6.45, 7) is 12.4. The third-order valence-electron chi connectivity index (χ3n) is 4.27. The number of sulfonamides is 1. The van der Waals surface area contributed by atoms with Crippen molar-refractivity contribution in [1.29, 1.82) is 0 Å². The average Bonchev–Trinajstić information content (AvgIpc) is 2.64. The van der Waals surface area contributed by atoms with Crippen molar-refractivity contribution in [3.8, 4) is 17.6 Å². The molecule has 1 saturated heterocycles. The lowest BCUT2D eigenvalue weighted by atomic mass is 10.2. The van der Waals surface area contributed by atoms with Gasteiger partial charge in [0.2, 0.25) is 10.0 Å². The number of thioether (sulfide) groups is 1. The minimum atomic E-state index is -3.68. The Balaban J connectivity index is 2.08. The van der Waals surface area contributed by atoms with E-state index in [1.54, 1.807) is 63.7 Å². The largest absolute Gasteiger partial charge is 0.481 e. The first-order valence-electron chi connectivity index (χ1n) is 10.1. The van der Waals surface area contributed by atoms with Crippen molar-refractivity contribution in [1.82, 2.24) is 9.62 Å². The second-order valence-corrected chi connectivity index (χ2v) is 12.8. The first-order chi connectivity index (χ1) is 14.3. The average molecular weight is 469 g/mol. The lowest BCUT2D eigenvalue weighted by molar-refractivity contribution is 0.0527. The molecule has 0 aromatic heterocycles. The molecule has 1 fully saturated rings. The third-order valence-corrected chi connectivity index (χ3v) is 7.51. The van der Waals surface area contributed by atoms with Crippen LogP contribution in [0.2, 0.25) is 0 Å². The van der Waals surface area contributed by atoms with Gasteiger partial charge in [-0.3, -0.25) is 0 Å². The summed E-state index contributed by atoms with van der Waals surface area (Å²) in [5, 5.41) is 2.66. The summed E-state index contributed by atoms with van der Waals surface area (Å²) in [5.41, 5.74) is -0.586. The van der Waals surface area contributed by atoms with Gasteiger partial charge in [-0.25, -0.2) is 13.2 Å². The molecule has 1 aliphatic rings. The standard InChI is InChI=1S/C22H32N2O5S2/c1-7-8-13-28-17-9-11-19(12-10-17)31(26,27)24-15-18(30-22(5,6)16-24)14-23-20(25)29-21(2,3)4/h9-12,18H,13-16H2,1-6H3,(H,23,25)/t18-/m0/s1. The Morgan fingerprint density at radius 3 is 2.52 bits per heavy atom. The maximum atomic E-state index is 13.3. The van der Waals surface area contributed by atoms with E-state index in [1.165, 1.54) is 4.31 Å². The molecule has 1 aromatic carbocycles. The van der Waals surface area contributed by atoms with Crippen molar-refractivity contribution in [2.24, 2.45) is 0 Å². The zero-order chi connectivity index (χ0) is 23.3. The molecule has 1 N–H and O–H groups in total. The second-order valence-electron chi connectivity index (χ2n) is 8.87. The second kappa shape index (κ2) is 10.2. The van der Waals surface area contributed by atoms with Crippen molar-refractivity contribution >= 4 is 27.9 Å². The minimum absolute atomic E-state index is 0.0960. The van der Waals surface area contributed by atoms with Crippen molar-refractivity contribution in [3.63, 3.8) is 0 Å². The van der Waals surface area contributed by atoms with E-state index < -0.39 is 21.7 Å². The van der Waals surface area contributed by atoms with Crippen LogP contribution < -0.4 is 10.1 Å². The van der Waals surface area contributed by atoms with Gasteiger partial charge in [-0.2, -0.15) is 4.31 Å². The van der Waals surface area contributed by atoms with E-state index in [1.807, 2.05) is 13.8 Å². The quantitative estimate of drug-likeness (QED) is 0.644.